The molecule has 0 aliphatic heterocycles. The fourth-order valence-corrected chi connectivity index (χ4v) is 1.81. The van der Waals surface area contributed by atoms with Gasteiger partial charge in [0.05, 0.1) is 40.9 Å². The van der Waals surface area contributed by atoms with Gasteiger partial charge in [0.1, 0.15) is 0 Å². The number of aliphatic hydroxyl groups excluding tert-OH is 1. The van der Waals surface area contributed by atoms with Crippen LogP contribution in [0.25, 0.3) is 0 Å². The lowest BCUT2D eigenvalue weighted by Crippen LogP contribution is -2.36. The van der Waals surface area contributed by atoms with Crippen molar-refractivity contribution in [2.45, 2.75) is 31.6 Å². The molecule has 15 heavy (non-hydrogen) atoms. The molecular weight excluding hydrogens is 214 g/mol. The van der Waals surface area contributed by atoms with E-state index in [0.29, 0.717) is 0 Å². The van der Waals surface area contributed by atoms with Crippen LogP contribution in [0.15, 0.2) is 23.0 Å². The van der Waals surface area contributed by atoms with Crippen LogP contribution in [-0.2, 0) is 11.0 Å². The zero-order valence-corrected chi connectivity index (χ0v) is 10.0. The highest BCUT2D eigenvalue weighted by Crippen LogP contribution is 2.17. The van der Waals surface area contributed by atoms with Gasteiger partial charge in [0, 0.05) is 5.56 Å². The zero-order valence-electron chi connectivity index (χ0n) is 9.19. The summed E-state index contributed by atoms with van der Waals surface area (Å²) in [4.78, 5) is 0. The van der Waals surface area contributed by atoms with Crippen LogP contribution in [0.5, 0.6) is 0 Å². The van der Waals surface area contributed by atoms with Crippen molar-refractivity contribution in [3.63, 3.8) is 0 Å². The molecule has 0 amide bonds. The Bertz CT molecular complexity index is 316. The van der Waals surface area contributed by atoms with Gasteiger partial charge in [-0.05, 0) is 26.8 Å². The molecule has 0 unspecified atom stereocenters. The van der Waals surface area contributed by atoms with Gasteiger partial charge in [0.2, 0.25) is 0 Å². The Hall–Kier alpha value is -0.650. The van der Waals surface area contributed by atoms with Crippen molar-refractivity contribution in [1.82, 2.24) is 4.72 Å². The molecule has 4 nitrogen and oxygen atoms in total. The number of aliphatic hydroxyl groups is 1. The van der Waals surface area contributed by atoms with Crippen molar-refractivity contribution >= 4 is 11.0 Å². The molecule has 5 heteroatoms. The zero-order chi connectivity index (χ0) is 11.5. The third kappa shape index (κ3) is 3.44. The van der Waals surface area contributed by atoms with Crippen LogP contribution in [0.3, 0.4) is 0 Å². The lowest BCUT2D eigenvalue weighted by molar-refractivity contribution is 0.259. The van der Waals surface area contributed by atoms with Crippen LogP contribution in [0.2, 0.25) is 0 Å². The van der Waals surface area contributed by atoms with Gasteiger partial charge >= 0.3 is 0 Å². The number of furan rings is 1. The Balaban J connectivity index is 2.67. The molecule has 0 saturated carbocycles. The molecule has 1 aromatic heterocycles. The number of hydrogen-bond donors (Lipinski definition) is 2. The molecule has 0 saturated heterocycles. The Kier molecular flexibility index (Phi) is 4.07. The molecule has 1 aromatic rings. The first-order valence-electron chi connectivity index (χ1n) is 4.76. The Labute approximate surface area is 92.3 Å². The molecule has 0 spiro atoms. The van der Waals surface area contributed by atoms with E-state index in [0.717, 1.165) is 5.56 Å². The van der Waals surface area contributed by atoms with E-state index in [1.165, 1.54) is 12.5 Å². The first kappa shape index (κ1) is 12.4. The maximum Gasteiger partial charge on any atom is 0.0976 e. The largest absolute Gasteiger partial charge is 0.472 e. The van der Waals surface area contributed by atoms with Crippen LogP contribution >= 0.6 is 0 Å². The van der Waals surface area contributed by atoms with E-state index in [2.05, 4.69) is 4.72 Å². The minimum atomic E-state index is -1.20. The van der Waals surface area contributed by atoms with Gasteiger partial charge in [-0.15, -0.1) is 0 Å². The van der Waals surface area contributed by atoms with Gasteiger partial charge in [-0.25, -0.2) is 8.93 Å². The summed E-state index contributed by atoms with van der Waals surface area (Å²) in [6.45, 7) is 5.51. The summed E-state index contributed by atoms with van der Waals surface area (Å²) >= 11 is 0. The van der Waals surface area contributed by atoms with E-state index < -0.39 is 11.0 Å². The first-order valence-corrected chi connectivity index (χ1v) is 5.91. The summed E-state index contributed by atoms with van der Waals surface area (Å²) in [6.07, 6.45) is 3.06. The average Bonchev–Trinajstić information content (AvgIpc) is 2.64. The third-order valence-corrected chi connectivity index (χ3v) is 3.54. The standard InChI is InChI=1S/C10H17NO3S/c1-10(2,3)15(13)11-9(6-12)8-4-5-14-7-8/h4-5,7,9,11-12H,6H2,1-3H3/t9-,15+/m0/s1. The van der Waals surface area contributed by atoms with Crippen molar-refractivity contribution in [3.8, 4) is 0 Å². The molecule has 0 aliphatic carbocycles. The molecule has 0 bridgehead atoms. The van der Waals surface area contributed by atoms with Crippen molar-refractivity contribution in [1.29, 1.82) is 0 Å². The van der Waals surface area contributed by atoms with Crippen LogP contribution in [0.4, 0.5) is 0 Å². The van der Waals surface area contributed by atoms with Gasteiger partial charge < -0.3 is 9.52 Å². The molecule has 2 atom stereocenters. The Morgan fingerprint density at radius 3 is 2.67 bits per heavy atom. The van der Waals surface area contributed by atoms with E-state index >= 15 is 0 Å². The summed E-state index contributed by atoms with van der Waals surface area (Å²) in [5.41, 5.74) is 0.801. The predicted octanol–water partition coefficient (Wildman–Crippen LogP) is 1.36. The van der Waals surface area contributed by atoms with E-state index in [-0.39, 0.29) is 17.4 Å². The fourth-order valence-electron chi connectivity index (χ4n) is 0.990. The summed E-state index contributed by atoms with van der Waals surface area (Å²) in [5, 5.41) is 9.17. The van der Waals surface area contributed by atoms with Crippen molar-refractivity contribution in [2.75, 3.05) is 6.61 Å². The Morgan fingerprint density at radius 2 is 2.27 bits per heavy atom. The fraction of sp³-hybridized carbons (Fsp3) is 0.600. The summed E-state index contributed by atoms with van der Waals surface area (Å²) in [6, 6.07) is 1.40. The van der Waals surface area contributed by atoms with E-state index in [4.69, 9.17) is 4.42 Å². The normalized spacial score (nSPS) is 16.3. The number of hydrogen-bond acceptors (Lipinski definition) is 3. The second kappa shape index (κ2) is 4.92. The summed E-state index contributed by atoms with van der Waals surface area (Å²) in [7, 11) is -1.20. The highest BCUT2D eigenvalue weighted by molar-refractivity contribution is 7.84. The number of rotatable bonds is 4. The molecule has 1 rings (SSSR count). The van der Waals surface area contributed by atoms with E-state index in [1.54, 1.807) is 6.07 Å². The second-order valence-electron chi connectivity index (χ2n) is 4.29. The topological polar surface area (TPSA) is 62.5 Å². The van der Waals surface area contributed by atoms with Gasteiger partial charge in [-0.3, -0.25) is 0 Å². The lowest BCUT2D eigenvalue weighted by atomic mass is 10.2. The minimum Gasteiger partial charge on any atom is -0.472 e. The average molecular weight is 231 g/mol. The smallest absolute Gasteiger partial charge is 0.0976 e. The lowest BCUT2D eigenvalue weighted by Gasteiger charge is -2.22. The molecule has 1 heterocycles. The SMILES string of the molecule is CC(C)(C)[S@@](=O)N[C@@H](CO)c1ccoc1. The van der Waals surface area contributed by atoms with Crippen LogP contribution in [0.1, 0.15) is 32.4 Å². The number of nitrogens with one attached hydrogen (secondary N) is 1. The maximum absolute atomic E-state index is 11.8. The van der Waals surface area contributed by atoms with Crippen molar-refractivity contribution < 1.29 is 13.7 Å². The van der Waals surface area contributed by atoms with E-state index in [1.807, 2.05) is 20.8 Å². The van der Waals surface area contributed by atoms with E-state index in [9.17, 15) is 9.32 Å². The van der Waals surface area contributed by atoms with Gasteiger partial charge in [-0.1, -0.05) is 0 Å². The summed E-state index contributed by atoms with van der Waals surface area (Å²) < 4.78 is 19.2. The van der Waals surface area contributed by atoms with Crippen LogP contribution in [0, 0.1) is 0 Å². The third-order valence-electron chi connectivity index (χ3n) is 1.93. The predicted molar refractivity (Wildman–Crippen MR) is 59.6 cm³/mol. The molecule has 0 aliphatic rings. The first-order chi connectivity index (χ1) is 6.95. The molecular formula is C10H17NO3S. The highest BCUT2D eigenvalue weighted by atomic mass is 32.2. The molecule has 0 aromatic carbocycles. The molecule has 86 valence electrons. The molecule has 0 radical (unpaired) electrons. The summed E-state index contributed by atoms with van der Waals surface area (Å²) in [5.74, 6) is 0. The van der Waals surface area contributed by atoms with Gasteiger partial charge in [0.15, 0.2) is 0 Å². The quantitative estimate of drug-likeness (QED) is 0.822. The minimum absolute atomic E-state index is 0.110. The van der Waals surface area contributed by atoms with Crippen LogP contribution < -0.4 is 4.72 Å². The maximum atomic E-state index is 11.8. The Morgan fingerprint density at radius 1 is 1.60 bits per heavy atom. The second-order valence-corrected chi connectivity index (χ2v) is 6.29. The van der Waals surface area contributed by atoms with Gasteiger partial charge in [-0.2, -0.15) is 0 Å². The van der Waals surface area contributed by atoms with Crippen molar-refractivity contribution in [3.05, 3.63) is 24.2 Å². The van der Waals surface area contributed by atoms with Crippen LogP contribution in [-0.4, -0.2) is 20.7 Å². The highest BCUT2D eigenvalue weighted by Gasteiger charge is 2.23. The van der Waals surface area contributed by atoms with Gasteiger partial charge in [0.25, 0.3) is 0 Å². The molecule has 2 N–H and O–H groups in total. The van der Waals surface area contributed by atoms with Crippen molar-refractivity contribution in [2.24, 2.45) is 0 Å². The molecule has 0 fully saturated rings. The monoisotopic (exact) mass is 231 g/mol.